The number of likely N-dealkylation sites (tertiary alicyclic amines) is 1. The average molecular weight is 329 g/mol. The van der Waals surface area contributed by atoms with Gasteiger partial charge in [-0.1, -0.05) is 13.3 Å². The second-order valence-corrected chi connectivity index (χ2v) is 5.85. The maximum absolute atomic E-state index is 13.3. The van der Waals surface area contributed by atoms with Crippen molar-refractivity contribution in [3.8, 4) is 0 Å². The van der Waals surface area contributed by atoms with E-state index >= 15 is 0 Å². The van der Waals surface area contributed by atoms with Gasteiger partial charge in [-0.05, 0) is 46.5 Å². The highest BCUT2D eigenvalue weighted by Crippen LogP contribution is 2.24. The number of amides is 1. The van der Waals surface area contributed by atoms with Crippen LogP contribution in [-0.4, -0.2) is 29.9 Å². The number of benzene rings is 1. The van der Waals surface area contributed by atoms with Crippen molar-refractivity contribution in [2.75, 3.05) is 13.1 Å². The Bertz CT molecular complexity index is 481. The smallest absolute Gasteiger partial charge is 0.255 e. The van der Waals surface area contributed by atoms with Gasteiger partial charge in [-0.2, -0.15) is 0 Å². The molecule has 1 aromatic rings. The Hall–Kier alpha value is -0.940. The van der Waals surface area contributed by atoms with Crippen LogP contribution in [0, 0.1) is 11.7 Å². The van der Waals surface area contributed by atoms with Gasteiger partial charge >= 0.3 is 0 Å². The summed E-state index contributed by atoms with van der Waals surface area (Å²) in [6, 6.07) is 4.34. The molecule has 0 spiro atoms. The summed E-state index contributed by atoms with van der Waals surface area (Å²) in [5, 5.41) is 0. The molecular formula is C14H18BrFN2O. The second-order valence-electron chi connectivity index (χ2n) is 5.00. The molecule has 3 nitrogen and oxygen atoms in total. The van der Waals surface area contributed by atoms with Gasteiger partial charge in [0.05, 0.1) is 5.56 Å². The van der Waals surface area contributed by atoms with E-state index < -0.39 is 5.82 Å². The van der Waals surface area contributed by atoms with Crippen molar-refractivity contribution in [2.24, 2.45) is 11.7 Å². The van der Waals surface area contributed by atoms with Crippen molar-refractivity contribution in [1.29, 1.82) is 0 Å². The Kier molecular flexibility index (Phi) is 4.58. The first-order chi connectivity index (χ1) is 9.02. The molecule has 5 heteroatoms. The largest absolute Gasteiger partial charge is 0.338 e. The Labute approximate surface area is 121 Å². The zero-order valence-corrected chi connectivity index (χ0v) is 12.5. The maximum Gasteiger partial charge on any atom is 0.255 e. The number of piperidine rings is 1. The van der Waals surface area contributed by atoms with Gasteiger partial charge in [0.2, 0.25) is 0 Å². The van der Waals surface area contributed by atoms with Crippen molar-refractivity contribution in [1.82, 2.24) is 4.90 Å². The third-order valence-corrected chi connectivity index (χ3v) is 4.45. The van der Waals surface area contributed by atoms with Crippen LogP contribution in [-0.2, 0) is 0 Å². The quantitative estimate of drug-likeness (QED) is 0.907. The Morgan fingerprint density at radius 3 is 3.00 bits per heavy atom. The van der Waals surface area contributed by atoms with Crippen molar-refractivity contribution in [3.63, 3.8) is 0 Å². The average Bonchev–Trinajstić information content (AvgIpc) is 2.41. The molecule has 0 radical (unpaired) electrons. The van der Waals surface area contributed by atoms with Crippen LogP contribution in [0.15, 0.2) is 22.7 Å². The van der Waals surface area contributed by atoms with E-state index in [-0.39, 0.29) is 11.9 Å². The summed E-state index contributed by atoms with van der Waals surface area (Å²) in [7, 11) is 0. The number of halogens is 2. The molecule has 0 bridgehead atoms. The topological polar surface area (TPSA) is 46.3 Å². The Morgan fingerprint density at radius 2 is 2.32 bits per heavy atom. The zero-order valence-electron chi connectivity index (χ0n) is 10.9. The van der Waals surface area contributed by atoms with Crippen LogP contribution in [0.2, 0.25) is 0 Å². The number of nitrogens with two attached hydrogens (primary N) is 1. The minimum atomic E-state index is -0.396. The molecular weight excluding hydrogens is 311 g/mol. The lowest BCUT2D eigenvalue weighted by atomic mass is 9.90. The molecule has 2 unspecified atom stereocenters. The van der Waals surface area contributed by atoms with E-state index in [0.717, 1.165) is 12.8 Å². The highest BCUT2D eigenvalue weighted by atomic mass is 79.9. The molecule has 1 saturated heterocycles. The molecule has 1 fully saturated rings. The van der Waals surface area contributed by atoms with Crippen LogP contribution in [0.5, 0.6) is 0 Å². The third-order valence-electron chi connectivity index (χ3n) is 3.76. The van der Waals surface area contributed by atoms with Crippen LogP contribution in [0.4, 0.5) is 4.39 Å². The Balaban J connectivity index is 2.18. The monoisotopic (exact) mass is 328 g/mol. The molecule has 2 N–H and O–H groups in total. The predicted molar refractivity (Wildman–Crippen MR) is 76.4 cm³/mol. The van der Waals surface area contributed by atoms with E-state index in [4.69, 9.17) is 5.73 Å². The molecule has 2 atom stereocenters. The van der Waals surface area contributed by atoms with Gasteiger partial charge in [0.25, 0.3) is 5.91 Å². The third kappa shape index (κ3) is 3.15. The zero-order chi connectivity index (χ0) is 14.0. The van der Waals surface area contributed by atoms with Crippen molar-refractivity contribution in [3.05, 3.63) is 34.1 Å². The first kappa shape index (κ1) is 14.5. The number of carbonyl (C=O) groups is 1. The molecule has 1 aliphatic rings. The SMILES string of the molecule is CCC1CN(C(=O)c2cc(F)ccc2Br)CCC1N. The minimum absolute atomic E-state index is 0.128. The van der Waals surface area contributed by atoms with E-state index in [2.05, 4.69) is 22.9 Å². The molecule has 1 amide bonds. The fraction of sp³-hybridized carbons (Fsp3) is 0.500. The summed E-state index contributed by atoms with van der Waals surface area (Å²) >= 11 is 3.30. The number of carbonyl (C=O) groups excluding carboxylic acids is 1. The molecule has 2 rings (SSSR count). The van der Waals surface area contributed by atoms with Gasteiger partial charge < -0.3 is 10.6 Å². The first-order valence-corrected chi connectivity index (χ1v) is 7.32. The summed E-state index contributed by atoms with van der Waals surface area (Å²) in [6.07, 6.45) is 1.76. The van der Waals surface area contributed by atoms with Gasteiger partial charge in [-0.15, -0.1) is 0 Å². The molecule has 0 aliphatic carbocycles. The van der Waals surface area contributed by atoms with Crippen LogP contribution in [0.3, 0.4) is 0 Å². The lowest BCUT2D eigenvalue weighted by Crippen LogP contribution is -2.49. The maximum atomic E-state index is 13.3. The van der Waals surface area contributed by atoms with Crippen LogP contribution >= 0.6 is 15.9 Å². The highest BCUT2D eigenvalue weighted by Gasteiger charge is 2.29. The summed E-state index contributed by atoms with van der Waals surface area (Å²) in [4.78, 5) is 14.2. The fourth-order valence-corrected chi connectivity index (χ4v) is 2.91. The van der Waals surface area contributed by atoms with Crippen LogP contribution in [0.25, 0.3) is 0 Å². The lowest BCUT2D eigenvalue weighted by molar-refractivity contribution is 0.0647. The van der Waals surface area contributed by atoms with Crippen molar-refractivity contribution >= 4 is 21.8 Å². The second kappa shape index (κ2) is 6.01. The van der Waals surface area contributed by atoms with E-state index in [1.807, 2.05) is 0 Å². The molecule has 1 aliphatic heterocycles. The highest BCUT2D eigenvalue weighted by molar-refractivity contribution is 9.10. The molecule has 0 saturated carbocycles. The fourth-order valence-electron chi connectivity index (χ4n) is 2.50. The lowest BCUT2D eigenvalue weighted by Gasteiger charge is -2.36. The van der Waals surface area contributed by atoms with Gasteiger partial charge in [0, 0.05) is 23.6 Å². The van der Waals surface area contributed by atoms with E-state index in [0.29, 0.717) is 29.0 Å². The number of nitrogens with zero attached hydrogens (tertiary/aromatic N) is 1. The van der Waals surface area contributed by atoms with E-state index in [9.17, 15) is 9.18 Å². The van der Waals surface area contributed by atoms with Gasteiger partial charge in [-0.25, -0.2) is 4.39 Å². The molecule has 1 aromatic carbocycles. The summed E-state index contributed by atoms with van der Waals surface area (Å²) in [5.41, 5.74) is 6.42. The predicted octanol–water partition coefficient (Wildman–Crippen LogP) is 2.79. The summed E-state index contributed by atoms with van der Waals surface area (Å²) in [6.45, 7) is 3.37. The van der Waals surface area contributed by atoms with Crippen molar-refractivity contribution in [2.45, 2.75) is 25.8 Å². The van der Waals surface area contributed by atoms with Gasteiger partial charge in [0.1, 0.15) is 5.82 Å². The number of hydrogen-bond donors (Lipinski definition) is 1. The normalized spacial score (nSPS) is 23.5. The van der Waals surface area contributed by atoms with Gasteiger partial charge in [-0.3, -0.25) is 4.79 Å². The van der Waals surface area contributed by atoms with Crippen LogP contribution in [0.1, 0.15) is 30.1 Å². The van der Waals surface area contributed by atoms with Gasteiger partial charge in [0.15, 0.2) is 0 Å². The number of hydrogen-bond acceptors (Lipinski definition) is 2. The molecule has 104 valence electrons. The molecule has 19 heavy (non-hydrogen) atoms. The molecule has 1 heterocycles. The minimum Gasteiger partial charge on any atom is -0.338 e. The van der Waals surface area contributed by atoms with Crippen LogP contribution < -0.4 is 5.73 Å². The molecule has 0 aromatic heterocycles. The van der Waals surface area contributed by atoms with E-state index in [1.54, 1.807) is 11.0 Å². The number of rotatable bonds is 2. The van der Waals surface area contributed by atoms with E-state index in [1.165, 1.54) is 12.1 Å². The standard InChI is InChI=1S/C14H18BrFN2O/c1-2-9-8-18(6-5-13(9)17)14(19)11-7-10(16)3-4-12(11)15/h3-4,7,9,13H,2,5-6,8,17H2,1H3. The summed E-state index contributed by atoms with van der Waals surface area (Å²) in [5.74, 6) is -0.200. The first-order valence-electron chi connectivity index (χ1n) is 6.52. The summed E-state index contributed by atoms with van der Waals surface area (Å²) < 4.78 is 13.9. The Morgan fingerprint density at radius 1 is 1.58 bits per heavy atom. The van der Waals surface area contributed by atoms with Crippen molar-refractivity contribution < 1.29 is 9.18 Å².